The fourth-order valence-corrected chi connectivity index (χ4v) is 7.87. The van der Waals surface area contributed by atoms with E-state index in [-0.39, 0.29) is 16.6 Å². The molecule has 4 fully saturated rings. The minimum atomic E-state index is -1.33. The first-order valence-electron chi connectivity index (χ1n) is 11.1. The van der Waals surface area contributed by atoms with Gasteiger partial charge in [0.05, 0.1) is 20.3 Å². The first-order valence-corrected chi connectivity index (χ1v) is 11.1. The summed E-state index contributed by atoms with van der Waals surface area (Å²) in [5.74, 6) is 0.707. The molecule has 0 aromatic carbocycles. The average Bonchev–Trinajstić information content (AvgIpc) is 3.25. The molecule has 1 N–H and O–H groups in total. The van der Waals surface area contributed by atoms with E-state index in [0.29, 0.717) is 37.4 Å². The number of carbonyl (C=O) groups is 1. The van der Waals surface area contributed by atoms with Crippen molar-refractivity contribution in [2.24, 2.45) is 28.6 Å². The van der Waals surface area contributed by atoms with Gasteiger partial charge in [-0.2, -0.15) is 0 Å². The maximum atomic E-state index is 12.5. The zero-order chi connectivity index (χ0) is 19.8. The van der Waals surface area contributed by atoms with Gasteiger partial charge >= 0.3 is 5.97 Å². The van der Waals surface area contributed by atoms with Crippen LogP contribution in [0.25, 0.3) is 0 Å². The Bertz CT molecular complexity index is 710. The van der Waals surface area contributed by atoms with Crippen LogP contribution >= 0.6 is 0 Å². The summed E-state index contributed by atoms with van der Waals surface area (Å²) < 4.78 is 17.0. The molecule has 1 heterocycles. The normalized spacial score (nSPS) is 49.1. The number of esters is 1. The third-order valence-electron chi connectivity index (χ3n) is 9.60. The van der Waals surface area contributed by atoms with Gasteiger partial charge in [-0.1, -0.05) is 25.5 Å². The number of carbonyl (C=O) groups excluding carboxylic acids is 1. The number of fused-ring (bicyclic) bond motifs is 5. The Morgan fingerprint density at radius 2 is 1.82 bits per heavy atom. The number of aliphatic hydroxyl groups is 1. The Morgan fingerprint density at radius 1 is 1.11 bits per heavy atom. The lowest BCUT2D eigenvalue weighted by Gasteiger charge is -2.59. The highest BCUT2D eigenvalue weighted by atomic mass is 16.7. The maximum Gasteiger partial charge on any atom is 0.338 e. The quantitative estimate of drug-likeness (QED) is 0.547. The molecule has 5 heteroatoms. The van der Waals surface area contributed by atoms with E-state index in [0.717, 1.165) is 44.9 Å². The van der Waals surface area contributed by atoms with Crippen molar-refractivity contribution in [3.8, 4) is 0 Å². The van der Waals surface area contributed by atoms with Crippen molar-refractivity contribution in [1.82, 2.24) is 0 Å². The molecule has 0 aromatic rings. The predicted octanol–water partition coefficient (Wildman–Crippen LogP) is 3.60. The number of ether oxygens (including phenoxy) is 3. The van der Waals surface area contributed by atoms with Gasteiger partial charge in [-0.25, -0.2) is 4.79 Å². The van der Waals surface area contributed by atoms with Crippen molar-refractivity contribution in [3.05, 3.63) is 11.6 Å². The standard InChI is InChI=1S/C23H34O5/c1-20-10-11-22(27-12-13-28-22)14-15(20)4-5-16-17(20)6-8-21(2)18(16)7-9-23(21,25)19(24)26-3/h4,16-18,25H,5-14H2,1-3H3/t16?,17?,18?,20-,21-,23-/m0/s1. The van der Waals surface area contributed by atoms with Crippen LogP contribution in [-0.4, -0.2) is 42.8 Å². The van der Waals surface area contributed by atoms with Crippen LogP contribution in [0.3, 0.4) is 0 Å². The van der Waals surface area contributed by atoms with Crippen molar-refractivity contribution in [1.29, 1.82) is 0 Å². The van der Waals surface area contributed by atoms with Crippen molar-refractivity contribution in [2.75, 3.05) is 20.3 Å². The first-order chi connectivity index (χ1) is 13.3. The van der Waals surface area contributed by atoms with Crippen LogP contribution in [0.4, 0.5) is 0 Å². The van der Waals surface area contributed by atoms with Crippen LogP contribution in [-0.2, 0) is 19.0 Å². The fraction of sp³-hybridized carbons (Fsp3) is 0.870. The molecule has 156 valence electrons. The first kappa shape index (κ1) is 19.1. The molecule has 0 radical (unpaired) electrons. The Balaban J connectivity index is 1.45. The van der Waals surface area contributed by atoms with E-state index >= 15 is 0 Å². The summed E-state index contributed by atoms with van der Waals surface area (Å²) in [6, 6.07) is 0. The SMILES string of the molecule is COC(=O)[C@@]1(O)CCC2C3CC=C4CC5(CC[C@]4(C)C3CC[C@@]21C)OCCO5. The van der Waals surface area contributed by atoms with Gasteiger partial charge in [-0.15, -0.1) is 0 Å². The zero-order valence-electron chi connectivity index (χ0n) is 17.5. The summed E-state index contributed by atoms with van der Waals surface area (Å²) >= 11 is 0. The molecular weight excluding hydrogens is 356 g/mol. The molecule has 0 bridgehead atoms. The number of methoxy groups -OCH3 is 1. The van der Waals surface area contributed by atoms with Gasteiger partial charge in [0, 0.05) is 18.3 Å². The molecule has 0 amide bonds. The Labute approximate surface area is 167 Å². The molecule has 1 saturated heterocycles. The molecule has 4 aliphatic carbocycles. The van der Waals surface area contributed by atoms with Crippen molar-refractivity contribution in [3.63, 3.8) is 0 Å². The Hall–Kier alpha value is -0.910. The van der Waals surface area contributed by atoms with Crippen molar-refractivity contribution < 1.29 is 24.1 Å². The molecule has 0 aromatic heterocycles. The second-order valence-corrected chi connectivity index (χ2v) is 10.4. The second-order valence-electron chi connectivity index (χ2n) is 10.4. The van der Waals surface area contributed by atoms with Crippen LogP contribution in [0.2, 0.25) is 0 Å². The molecule has 1 spiro atoms. The van der Waals surface area contributed by atoms with Gasteiger partial charge in [0.15, 0.2) is 11.4 Å². The van der Waals surface area contributed by atoms with Crippen LogP contribution in [0, 0.1) is 28.6 Å². The maximum absolute atomic E-state index is 12.5. The number of rotatable bonds is 1. The molecule has 28 heavy (non-hydrogen) atoms. The van der Waals surface area contributed by atoms with E-state index in [1.54, 1.807) is 0 Å². The third-order valence-corrected chi connectivity index (χ3v) is 9.60. The minimum absolute atomic E-state index is 0.191. The molecular formula is C23H34O5. The monoisotopic (exact) mass is 390 g/mol. The van der Waals surface area contributed by atoms with Gasteiger partial charge < -0.3 is 19.3 Å². The topological polar surface area (TPSA) is 65.0 Å². The van der Waals surface area contributed by atoms with E-state index in [9.17, 15) is 9.90 Å². The lowest BCUT2D eigenvalue weighted by atomic mass is 9.46. The highest BCUT2D eigenvalue weighted by Crippen LogP contribution is 2.68. The van der Waals surface area contributed by atoms with Crippen molar-refractivity contribution in [2.45, 2.75) is 76.6 Å². The summed E-state index contributed by atoms with van der Waals surface area (Å²) in [7, 11) is 1.39. The highest BCUT2D eigenvalue weighted by molar-refractivity contribution is 5.81. The van der Waals surface area contributed by atoms with Crippen LogP contribution in [0.1, 0.15) is 65.2 Å². The summed E-state index contributed by atoms with van der Waals surface area (Å²) in [4.78, 5) is 12.5. The second kappa shape index (κ2) is 6.05. The molecule has 5 aliphatic rings. The number of hydrogen-bond donors (Lipinski definition) is 1. The smallest absolute Gasteiger partial charge is 0.338 e. The lowest BCUT2D eigenvalue weighted by Crippen LogP contribution is -2.58. The summed E-state index contributed by atoms with van der Waals surface area (Å²) in [6.45, 7) is 6.00. The molecule has 3 unspecified atom stereocenters. The van der Waals surface area contributed by atoms with Gasteiger partial charge in [0.1, 0.15) is 0 Å². The molecule has 5 rings (SSSR count). The fourth-order valence-electron chi connectivity index (χ4n) is 7.87. The van der Waals surface area contributed by atoms with E-state index in [1.807, 2.05) is 0 Å². The van der Waals surface area contributed by atoms with Crippen LogP contribution < -0.4 is 0 Å². The molecule has 1 aliphatic heterocycles. The predicted molar refractivity (Wildman–Crippen MR) is 103 cm³/mol. The minimum Gasteiger partial charge on any atom is -0.467 e. The Kier molecular flexibility index (Phi) is 4.12. The van der Waals surface area contributed by atoms with Crippen LogP contribution in [0.5, 0.6) is 0 Å². The van der Waals surface area contributed by atoms with Gasteiger partial charge in [0.25, 0.3) is 0 Å². The van der Waals surface area contributed by atoms with E-state index in [4.69, 9.17) is 14.2 Å². The number of hydrogen-bond acceptors (Lipinski definition) is 5. The summed E-state index contributed by atoms with van der Waals surface area (Å²) in [6.07, 6.45) is 9.88. The molecule has 6 atom stereocenters. The molecule has 3 saturated carbocycles. The largest absolute Gasteiger partial charge is 0.467 e. The highest BCUT2D eigenvalue weighted by Gasteiger charge is 2.67. The summed E-state index contributed by atoms with van der Waals surface area (Å²) in [5.41, 5.74) is 0.00399. The Morgan fingerprint density at radius 3 is 2.54 bits per heavy atom. The van der Waals surface area contributed by atoms with Crippen LogP contribution in [0.15, 0.2) is 11.6 Å². The van der Waals surface area contributed by atoms with Gasteiger partial charge in [-0.3, -0.25) is 0 Å². The van der Waals surface area contributed by atoms with E-state index in [2.05, 4.69) is 19.9 Å². The van der Waals surface area contributed by atoms with Gasteiger partial charge in [0.2, 0.25) is 0 Å². The van der Waals surface area contributed by atoms with Crippen molar-refractivity contribution >= 4 is 5.97 Å². The molecule has 5 nitrogen and oxygen atoms in total. The van der Waals surface area contributed by atoms with Gasteiger partial charge in [-0.05, 0) is 61.7 Å². The van der Waals surface area contributed by atoms with E-state index in [1.165, 1.54) is 12.7 Å². The summed E-state index contributed by atoms with van der Waals surface area (Å²) in [5, 5.41) is 11.3. The number of allylic oxidation sites excluding steroid dienone is 1. The zero-order valence-corrected chi connectivity index (χ0v) is 17.5. The van der Waals surface area contributed by atoms with E-state index < -0.39 is 11.6 Å². The average molecular weight is 391 g/mol. The third kappa shape index (κ3) is 2.27. The lowest BCUT2D eigenvalue weighted by molar-refractivity contribution is -0.194.